The monoisotopic (exact) mass is 491 g/mol. The van der Waals surface area contributed by atoms with Gasteiger partial charge in [-0.05, 0) is 92.1 Å². The van der Waals surface area contributed by atoms with Gasteiger partial charge in [0.2, 0.25) is 5.91 Å². The standard InChI is InChI=1S/C27H29N3O2S2/c1-17(2)20-8-12-22(13-9-20)28-26(32)19(4)34-25-7-5-6-24(16-25)30-27(33)29-23-14-10-21(11-15-23)18(3)31/h5-17,19H,1-4H3,(H,28,32)(H2,29,30,33). The van der Waals surface area contributed by atoms with Crippen LogP contribution >= 0.6 is 24.0 Å². The Bertz CT molecular complexity index is 1160. The maximum Gasteiger partial charge on any atom is 0.237 e. The highest BCUT2D eigenvalue weighted by atomic mass is 32.2. The van der Waals surface area contributed by atoms with Crippen molar-refractivity contribution in [3.8, 4) is 0 Å². The van der Waals surface area contributed by atoms with Crippen LogP contribution in [-0.4, -0.2) is 22.1 Å². The number of ketones is 1. The zero-order chi connectivity index (χ0) is 24.7. The van der Waals surface area contributed by atoms with Gasteiger partial charge in [-0.15, -0.1) is 11.8 Å². The fourth-order valence-electron chi connectivity index (χ4n) is 3.18. The molecule has 3 N–H and O–H groups in total. The van der Waals surface area contributed by atoms with Crippen LogP contribution in [0, 0.1) is 0 Å². The van der Waals surface area contributed by atoms with Crippen molar-refractivity contribution in [2.24, 2.45) is 0 Å². The number of thiocarbonyl (C=S) groups is 1. The van der Waals surface area contributed by atoms with Gasteiger partial charge in [0.05, 0.1) is 5.25 Å². The third-order valence-corrected chi connectivity index (χ3v) is 6.47. The number of benzene rings is 3. The van der Waals surface area contributed by atoms with Gasteiger partial charge >= 0.3 is 0 Å². The molecule has 5 nitrogen and oxygen atoms in total. The van der Waals surface area contributed by atoms with Gasteiger partial charge in [0.1, 0.15) is 0 Å². The molecule has 0 radical (unpaired) electrons. The summed E-state index contributed by atoms with van der Waals surface area (Å²) in [7, 11) is 0. The average molecular weight is 492 g/mol. The van der Waals surface area contributed by atoms with Gasteiger partial charge in [-0.2, -0.15) is 0 Å². The molecule has 34 heavy (non-hydrogen) atoms. The Morgan fingerprint density at radius 3 is 2.00 bits per heavy atom. The normalized spacial score (nSPS) is 11.6. The SMILES string of the molecule is CC(=O)c1ccc(NC(=S)Nc2cccc(SC(C)C(=O)Nc3ccc(C(C)C)cc3)c2)cc1. The number of rotatable bonds is 8. The Kier molecular flexibility index (Phi) is 8.85. The molecular formula is C27H29N3O2S2. The summed E-state index contributed by atoms with van der Waals surface area (Å²) in [6, 6.07) is 22.9. The molecule has 0 aliphatic rings. The number of thioether (sulfide) groups is 1. The number of anilines is 3. The predicted octanol–water partition coefficient (Wildman–Crippen LogP) is 6.94. The molecule has 3 rings (SSSR count). The van der Waals surface area contributed by atoms with Gasteiger partial charge in [-0.25, -0.2) is 0 Å². The quantitative estimate of drug-likeness (QED) is 0.180. The Labute approximate surface area is 210 Å². The van der Waals surface area contributed by atoms with Gasteiger partial charge in [0, 0.05) is 27.5 Å². The van der Waals surface area contributed by atoms with E-state index in [9.17, 15) is 9.59 Å². The number of hydrogen-bond acceptors (Lipinski definition) is 4. The first-order valence-electron chi connectivity index (χ1n) is 11.1. The van der Waals surface area contributed by atoms with Crippen molar-refractivity contribution < 1.29 is 9.59 Å². The van der Waals surface area contributed by atoms with Crippen LogP contribution in [0.15, 0.2) is 77.7 Å². The fraction of sp³-hybridized carbons (Fsp3) is 0.222. The lowest BCUT2D eigenvalue weighted by molar-refractivity contribution is -0.115. The number of Topliss-reactive ketones (excluding diaryl/α,β-unsaturated/α-hetero) is 1. The Morgan fingerprint density at radius 2 is 1.38 bits per heavy atom. The first-order chi connectivity index (χ1) is 16.2. The summed E-state index contributed by atoms with van der Waals surface area (Å²) in [4.78, 5) is 25.0. The minimum Gasteiger partial charge on any atom is -0.332 e. The molecule has 0 aliphatic carbocycles. The van der Waals surface area contributed by atoms with Crippen molar-refractivity contribution in [1.29, 1.82) is 0 Å². The zero-order valence-corrected chi connectivity index (χ0v) is 21.3. The van der Waals surface area contributed by atoms with Crippen LogP contribution < -0.4 is 16.0 Å². The topological polar surface area (TPSA) is 70.2 Å². The molecule has 0 aliphatic heterocycles. The zero-order valence-electron chi connectivity index (χ0n) is 19.7. The van der Waals surface area contributed by atoms with Gasteiger partial charge in [0.15, 0.2) is 10.9 Å². The molecule has 0 fully saturated rings. The molecule has 3 aromatic carbocycles. The van der Waals surface area contributed by atoms with Crippen molar-refractivity contribution in [1.82, 2.24) is 0 Å². The van der Waals surface area contributed by atoms with E-state index >= 15 is 0 Å². The predicted molar refractivity (Wildman–Crippen MR) is 147 cm³/mol. The first kappa shape index (κ1) is 25.5. The van der Waals surface area contributed by atoms with Crippen LogP contribution in [-0.2, 0) is 4.79 Å². The van der Waals surface area contributed by atoms with Crippen molar-refractivity contribution in [3.05, 3.63) is 83.9 Å². The Morgan fingerprint density at radius 1 is 0.794 bits per heavy atom. The number of hydrogen-bond donors (Lipinski definition) is 3. The molecule has 0 saturated heterocycles. The van der Waals surface area contributed by atoms with E-state index in [1.165, 1.54) is 24.2 Å². The lowest BCUT2D eigenvalue weighted by atomic mass is 10.0. The highest BCUT2D eigenvalue weighted by Gasteiger charge is 2.15. The molecule has 0 aromatic heterocycles. The molecule has 0 bridgehead atoms. The minimum atomic E-state index is -0.273. The van der Waals surface area contributed by atoms with Gasteiger partial charge in [-0.1, -0.05) is 32.0 Å². The number of carbonyl (C=O) groups excluding carboxylic acids is 2. The van der Waals surface area contributed by atoms with E-state index in [0.29, 0.717) is 16.6 Å². The van der Waals surface area contributed by atoms with Gasteiger partial charge < -0.3 is 16.0 Å². The Hall–Kier alpha value is -3.16. The van der Waals surface area contributed by atoms with E-state index in [1.807, 2.05) is 67.6 Å². The third kappa shape index (κ3) is 7.43. The second-order valence-corrected chi connectivity index (χ2v) is 10.1. The van der Waals surface area contributed by atoms with Crippen LogP contribution in [0.25, 0.3) is 0 Å². The van der Waals surface area contributed by atoms with Crippen LogP contribution in [0.2, 0.25) is 0 Å². The summed E-state index contributed by atoms with van der Waals surface area (Å²) in [6.45, 7) is 7.71. The molecule has 176 valence electrons. The molecule has 0 saturated carbocycles. The molecule has 1 unspecified atom stereocenters. The highest BCUT2D eigenvalue weighted by molar-refractivity contribution is 8.00. The number of carbonyl (C=O) groups is 2. The maximum atomic E-state index is 12.7. The van der Waals surface area contributed by atoms with Crippen LogP contribution in [0.1, 0.15) is 49.5 Å². The second kappa shape index (κ2) is 11.8. The van der Waals surface area contributed by atoms with E-state index in [2.05, 4.69) is 29.8 Å². The fourth-order valence-corrected chi connectivity index (χ4v) is 4.34. The van der Waals surface area contributed by atoms with Gasteiger partial charge in [0.25, 0.3) is 0 Å². The summed E-state index contributed by atoms with van der Waals surface area (Å²) >= 11 is 6.89. The van der Waals surface area contributed by atoms with E-state index in [4.69, 9.17) is 12.2 Å². The van der Waals surface area contributed by atoms with E-state index in [1.54, 1.807) is 12.1 Å². The summed E-state index contributed by atoms with van der Waals surface area (Å²) in [5.41, 5.74) is 4.30. The molecule has 3 aromatic rings. The van der Waals surface area contributed by atoms with E-state index < -0.39 is 0 Å². The van der Waals surface area contributed by atoms with Gasteiger partial charge in [-0.3, -0.25) is 9.59 Å². The smallest absolute Gasteiger partial charge is 0.237 e. The molecular weight excluding hydrogens is 462 g/mol. The second-order valence-electron chi connectivity index (χ2n) is 8.27. The summed E-state index contributed by atoms with van der Waals surface area (Å²) < 4.78 is 0. The van der Waals surface area contributed by atoms with E-state index in [-0.39, 0.29) is 16.9 Å². The minimum absolute atomic E-state index is 0.0218. The third-order valence-electron chi connectivity index (χ3n) is 5.17. The molecule has 7 heteroatoms. The van der Waals surface area contributed by atoms with Crippen LogP contribution in [0.4, 0.5) is 17.1 Å². The summed E-state index contributed by atoms with van der Waals surface area (Å²) in [6.07, 6.45) is 0. The van der Waals surface area contributed by atoms with Crippen LogP contribution in [0.5, 0.6) is 0 Å². The molecule has 0 heterocycles. The van der Waals surface area contributed by atoms with Crippen molar-refractivity contribution in [2.45, 2.75) is 43.8 Å². The Balaban J connectivity index is 1.55. The maximum absolute atomic E-state index is 12.7. The lowest BCUT2D eigenvalue weighted by Gasteiger charge is -2.14. The van der Waals surface area contributed by atoms with E-state index in [0.717, 1.165) is 22.0 Å². The number of nitrogens with one attached hydrogen (secondary N) is 3. The van der Waals surface area contributed by atoms with Crippen molar-refractivity contribution in [2.75, 3.05) is 16.0 Å². The first-order valence-corrected chi connectivity index (χ1v) is 12.4. The van der Waals surface area contributed by atoms with Crippen molar-refractivity contribution in [3.63, 3.8) is 0 Å². The highest BCUT2D eigenvalue weighted by Crippen LogP contribution is 2.27. The molecule has 1 amide bonds. The number of amides is 1. The van der Waals surface area contributed by atoms with Crippen molar-refractivity contribution >= 4 is 57.8 Å². The van der Waals surface area contributed by atoms with Crippen LogP contribution in [0.3, 0.4) is 0 Å². The average Bonchev–Trinajstić information content (AvgIpc) is 2.80. The molecule has 1 atom stereocenters. The summed E-state index contributed by atoms with van der Waals surface area (Å²) in [5.74, 6) is 0.427. The largest absolute Gasteiger partial charge is 0.332 e. The lowest BCUT2D eigenvalue weighted by Crippen LogP contribution is -2.22. The summed E-state index contributed by atoms with van der Waals surface area (Å²) in [5, 5.41) is 9.43. The molecule has 0 spiro atoms.